The van der Waals surface area contributed by atoms with E-state index in [1.807, 2.05) is 56.3 Å². The molecule has 0 saturated carbocycles. The highest BCUT2D eigenvalue weighted by molar-refractivity contribution is 6.30. The van der Waals surface area contributed by atoms with Crippen molar-refractivity contribution in [2.45, 2.75) is 39.3 Å². The Bertz CT molecular complexity index is 1090. The molecule has 1 N–H and O–H groups in total. The molecule has 0 aromatic heterocycles. The van der Waals surface area contributed by atoms with E-state index in [1.165, 1.54) is 6.07 Å². The summed E-state index contributed by atoms with van der Waals surface area (Å²) in [5, 5.41) is 3.57. The third-order valence-corrected chi connectivity index (χ3v) is 5.77. The van der Waals surface area contributed by atoms with Crippen LogP contribution in [0.4, 0.5) is 4.39 Å². The molecular weight excluding hydrogens is 451 g/mol. The van der Waals surface area contributed by atoms with Gasteiger partial charge < -0.3 is 10.2 Å². The zero-order valence-electron chi connectivity index (χ0n) is 19.5. The molecule has 3 aromatic carbocycles. The maximum Gasteiger partial charge on any atom is 0.243 e. The Morgan fingerprint density at radius 1 is 0.912 bits per heavy atom. The van der Waals surface area contributed by atoms with Gasteiger partial charge in [-0.25, -0.2) is 4.39 Å². The first-order valence-electron chi connectivity index (χ1n) is 11.4. The third kappa shape index (κ3) is 7.42. The van der Waals surface area contributed by atoms with Crippen LogP contribution in [0.1, 0.15) is 30.5 Å². The van der Waals surface area contributed by atoms with Crippen molar-refractivity contribution in [2.24, 2.45) is 5.92 Å². The Morgan fingerprint density at radius 2 is 1.56 bits per heavy atom. The van der Waals surface area contributed by atoms with Gasteiger partial charge in [0.05, 0.1) is 6.42 Å². The maximum absolute atomic E-state index is 14.3. The summed E-state index contributed by atoms with van der Waals surface area (Å²) >= 11 is 6.04. The summed E-state index contributed by atoms with van der Waals surface area (Å²) in [6.45, 7) is 4.74. The van der Waals surface area contributed by atoms with Crippen molar-refractivity contribution >= 4 is 23.4 Å². The summed E-state index contributed by atoms with van der Waals surface area (Å²) in [7, 11) is 0. The van der Waals surface area contributed by atoms with Crippen LogP contribution in [0, 0.1) is 11.7 Å². The van der Waals surface area contributed by atoms with Crippen molar-refractivity contribution in [3.8, 4) is 0 Å². The Hall–Kier alpha value is -3.18. The number of hydrogen-bond acceptors (Lipinski definition) is 2. The van der Waals surface area contributed by atoms with Gasteiger partial charge in [-0.15, -0.1) is 0 Å². The van der Waals surface area contributed by atoms with E-state index in [-0.39, 0.29) is 30.7 Å². The molecule has 0 radical (unpaired) electrons. The molecule has 0 saturated heterocycles. The summed E-state index contributed by atoms with van der Waals surface area (Å²) in [5.41, 5.74) is 2.07. The fourth-order valence-corrected chi connectivity index (χ4v) is 3.80. The average molecular weight is 481 g/mol. The zero-order chi connectivity index (χ0) is 24.5. The Morgan fingerprint density at radius 3 is 2.21 bits per heavy atom. The van der Waals surface area contributed by atoms with Gasteiger partial charge in [0, 0.05) is 24.5 Å². The van der Waals surface area contributed by atoms with E-state index in [1.54, 1.807) is 35.2 Å². The van der Waals surface area contributed by atoms with Gasteiger partial charge in [0.25, 0.3) is 0 Å². The van der Waals surface area contributed by atoms with Crippen LogP contribution in [0.3, 0.4) is 0 Å². The predicted octanol–water partition coefficient (Wildman–Crippen LogP) is 5.43. The van der Waals surface area contributed by atoms with E-state index in [2.05, 4.69) is 5.32 Å². The van der Waals surface area contributed by atoms with E-state index >= 15 is 0 Å². The van der Waals surface area contributed by atoms with E-state index in [0.717, 1.165) is 11.1 Å². The predicted molar refractivity (Wildman–Crippen MR) is 134 cm³/mol. The second kappa shape index (κ2) is 12.3. The number of carbonyl (C=O) groups is 2. The first kappa shape index (κ1) is 25.4. The van der Waals surface area contributed by atoms with Crippen LogP contribution in [0.2, 0.25) is 5.02 Å². The number of nitrogens with one attached hydrogen (secondary N) is 1. The van der Waals surface area contributed by atoms with E-state index in [4.69, 9.17) is 11.6 Å². The lowest BCUT2D eigenvalue weighted by atomic mass is 10.0. The lowest BCUT2D eigenvalue weighted by Crippen LogP contribution is -2.51. The molecule has 0 aliphatic carbocycles. The lowest BCUT2D eigenvalue weighted by molar-refractivity contribution is -0.140. The van der Waals surface area contributed by atoms with Crippen molar-refractivity contribution in [1.29, 1.82) is 0 Å². The van der Waals surface area contributed by atoms with Crippen molar-refractivity contribution in [3.05, 3.63) is 106 Å². The van der Waals surface area contributed by atoms with Crippen LogP contribution in [-0.4, -0.2) is 29.3 Å². The fraction of sp³-hybridized carbons (Fsp3) is 0.286. The monoisotopic (exact) mass is 480 g/mol. The summed E-state index contributed by atoms with van der Waals surface area (Å²) < 4.78 is 14.3. The standard InChI is InChI=1S/C28H30ClFN2O2/c1-20(2)18-31-28(34)26(16-21-8-4-3-5-9-21)32(19-22-12-14-24(29)15-13-22)27(33)17-23-10-6-7-11-25(23)30/h3-15,20,26H,16-19H2,1-2H3,(H,31,34)/t26-/m1/s1. The van der Waals surface area contributed by atoms with Crippen molar-refractivity contribution in [1.82, 2.24) is 10.2 Å². The summed E-state index contributed by atoms with van der Waals surface area (Å²) in [6, 6.07) is 22.2. The zero-order valence-corrected chi connectivity index (χ0v) is 20.3. The van der Waals surface area contributed by atoms with E-state index in [0.29, 0.717) is 23.6 Å². The molecule has 0 spiro atoms. The minimum Gasteiger partial charge on any atom is -0.354 e. The van der Waals surface area contributed by atoms with Gasteiger partial charge in [-0.1, -0.05) is 86.1 Å². The molecule has 0 bridgehead atoms. The van der Waals surface area contributed by atoms with Crippen molar-refractivity contribution < 1.29 is 14.0 Å². The minimum atomic E-state index is -0.754. The number of carbonyl (C=O) groups excluding carboxylic acids is 2. The molecule has 0 fully saturated rings. The van der Waals surface area contributed by atoms with Gasteiger partial charge in [-0.3, -0.25) is 9.59 Å². The Balaban J connectivity index is 1.96. The van der Waals surface area contributed by atoms with Gasteiger partial charge in [0.15, 0.2) is 0 Å². The summed E-state index contributed by atoms with van der Waals surface area (Å²) in [4.78, 5) is 28.5. The quantitative estimate of drug-likeness (QED) is 0.420. The van der Waals surface area contributed by atoms with Gasteiger partial charge in [0.2, 0.25) is 11.8 Å². The van der Waals surface area contributed by atoms with Crippen LogP contribution in [0.25, 0.3) is 0 Å². The van der Waals surface area contributed by atoms with Gasteiger partial charge in [-0.2, -0.15) is 0 Å². The molecule has 6 heteroatoms. The molecule has 1 atom stereocenters. The van der Waals surface area contributed by atoms with Crippen LogP contribution >= 0.6 is 11.6 Å². The number of rotatable bonds is 10. The fourth-order valence-electron chi connectivity index (χ4n) is 3.67. The number of amides is 2. The van der Waals surface area contributed by atoms with Crippen LogP contribution < -0.4 is 5.32 Å². The largest absolute Gasteiger partial charge is 0.354 e. The topological polar surface area (TPSA) is 49.4 Å². The number of nitrogens with zero attached hydrogens (tertiary/aromatic N) is 1. The summed E-state index contributed by atoms with van der Waals surface area (Å²) in [5.74, 6) is -0.722. The molecule has 4 nitrogen and oxygen atoms in total. The first-order chi connectivity index (χ1) is 16.3. The maximum atomic E-state index is 14.3. The molecule has 2 amide bonds. The lowest BCUT2D eigenvalue weighted by Gasteiger charge is -2.32. The minimum absolute atomic E-state index is 0.136. The average Bonchev–Trinajstić information content (AvgIpc) is 2.83. The third-order valence-electron chi connectivity index (χ3n) is 5.52. The molecule has 178 valence electrons. The molecule has 3 rings (SSSR count). The Labute approximate surface area is 205 Å². The normalized spacial score (nSPS) is 11.8. The molecule has 34 heavy (non-hydrogen) atoms. The first-order valence-corrected chi connectivity index (χ1v) is 11.8. The number of halogens is 2. The number of hydrogen-bond donors (Lipinski definition) is 1. The highest BCUT2D eigenvalue weighted by atomic mass is 35.5. The highest BCUT2D eigenvalue weighted by Gasteiger charge is 2.30. The van der Waals surface area contributed by atoms with Crippen molar-refractivity contribution in [2.75, 3.05) is 6.54 Å². The smallest absolute Gasteiger partial charge is 0.243 e. The van der Waals surface area contributed by atoms with Gasteiger partial charge in [0.1, 0.15) is 11.9 Å². The van der Waals surface area contributed by atoms with E-state index in [9.17, 15) is 14.0 Å². The van der Waals surface area contributed by atoms with Crippen LogP contribution in [0.15, 0.2) is 78.9 Å². The second-order valence-corrected chi connectivity index (χ2v) is 9.20. The van der Waals surface area contributed by atoms with Gasteiger partial charge >= 0.3 is 0 Å². The van der Waals surface area contributed by atoms with E-state index < -0.39 is 11.9 Å². The molecule has 0 aliphatic heterocycles. The highest BCUT2D eigenvalue weighted by Crippen LogP contribution is 2.19. The molecule has 0 aliphatic rings. The second-order valence-electron chi connectivity index (χ2n) is 8.76. The Kier molecular flexibility index (Phi) is 9.23. The SMILES string of the molecule is CC(C)CNC(=O)[C@@H](Cc1ccccc1)N(Cc1ccc(Cl)cc1)C(=O)Cc1ccccc1F. The van der Waals surface area contributed by atoms with Gasteiger partial charge in [-0.05, 0) is 40.8 Å². The summed E-state index contributed by atoms with van der Waals surface area (Å²) in [6.07, 6.45) is 0.213. The van der Waals surface area contributed by atoms with Crippen LogP contribution in [0.5, 0.6) is 0 Å². The van der Waals surface area contributed by atoms with Crippen molar-refractivity contribution in [3.63, 3.8) is 0 Å². The molecule has 0 heterocycles. The number of benzene rings is 3. The molecule has 0 unspecified atom stereocenters. The van der Waals surface area contributed by atoms with Crippen LogP contribution in [-0.2, 0) is 29.0 Å². The molecule has 3 aromatic rings. The molecular formula is C28H30ClFN2O2.